The Kier molecular flexibility index (Phi) is 6.95. The molecule has 1 amide bonds. The van der Waals surface area contributed by atoms with Crippen LogP contribution in [0.25, 0.3) is 11.4 Å². The molecule has 7 nitrogen and oxygen atoms in total. The number of likely N-dealkylation sites (tertiary alicyclic amines) is 1. The van der Waals surface area contributed by atoms with E-state index in [1.807, 2.05) is 6.92 Å². The second kappa shape index (κ2) is 9.93. The average Bonchev–Trinajstić information content (AvgIpc) is 2.84. The lowest BCUT2D eigenvalue weighted by molar-refractivity contribution is -0.138. The molecule has 11 heteroatoms. The number of amides is 1. The van der Waals surface area contributed by atoms with Gasteiger partial charge < -0.3 is 10.2 Å². The number of aromatic nitrogens is 4. The normalized spacial score (nSPS) is 18.4. The molecule has 184 valence electrons. The van der Waals surface area contributed by atoms with E-state index in [-0.39, 0.29) is 35.9 Å². The fourth-order valence-electron chi connectivity index (χ4n) is 4.21. The van der Waals surface area contributed by atoms with Gasteiger partial charge in [-0.15, -0.1) is 0 Å². The quantitative estimate of drug-likeness (QED) is 0.522. The number of benzene rings is 1. The lowest BCUT2D eigenvalue weighted by atomic mass is 9.89. The SMILES string of the molecule is Cc1cc(-c2ncccn2)c(C(=O)N2CCC[C@@H](C)C2CNc2ncc(C(F)(F)F)cn2)cc1F. The summed E-state index contributed by atoms with van der Waals surface area (Å²) in [6.45, 7) is 4.28. The van der Waals surface area contributed by atoms with E-state index in [9.17, 15) is 22.4 Å². The van der Waals surface area contributed by atoms with Crippen molar-refractivity contribution in [3.05, 3.63) is 65.5 Å². The van der Waals surface area contributed by atoms with E-state index in [2.05, 4.69) is 25.3 Å². The van der Waals surface area contributed by atoms with Gasteiger partial charge in [0.1, 0.15) is 5.82 Å². The predicted octanol–water partition coefficient (Wildman–Crippen LogP) is 4.75. The van der Waals surface area contributed by atoms with Gasteiger partial charge in [-0.2, -0.15) is 13.2 Å². The molecule has 1 aliphatic heterocycles. The average molecular weight is 488 g/mol. The first-order valence-electron chi connectivity index (χ1n) is 11.2. The van der Waals surface area contributed by atoms with Gasteiger partial charge in [-0.05, 0) is 49.4 Å². The van der Waals surface area contributed by atoms with Crippen molar-refractivity contribution in [3.8, 4) is 11.4 Å². The smallest absolute Gasteiger partial charge is 0.352 e. The van der Waals surface area contributed by atoms with Crippen molar-refractivity contribution in [2.75, 3.05) is 18.4 Å². The molecule has 1 unspecified atom stereocenters. The Hall–Kier alpha value is -3.63. The Balaban J connectivity index is 1.60. The number of anilines is 1. The standard InChI is InChI=1S/C24H24F4N6O/c1-14-5-3-8-34(20(14)13-33-23-31-11-16(12-32-23)24(26,27)28)22(35)18-10-19(25)15(2)9-17(18)21-29-6-4-7-30-21/h4,6-7,9-12,14,20H,3,5,8,13H2,1-2H3,(H,31,32,33)/t14-,20?/m1/s1. The fourth-order valence-corrected chi connectivity index (χ4v) is 4.21. The third-order valence-electron chi connectivity index (χ3n) is 6.16. The number of piperidine rings is 1. The van der Waals surface area contributed by atoms with Crippen LogP contribution < -0.4 is 5.32 Å². The highest BCUT2D eigenvalue weighted by atomic mass is 19.4. The Labute approximate surface area is 199 Å². The number of aryl methyl sites for hydroxylation is 1. The van der Waals surface area contributed by atoms with Crippen LogP contribution in [0.3, 0.4) is 0 Å². The van der Waals surface area contributed by atoms with Gasteiger partial charge in [-0.1, -0.05) is 6.92 Å². The first-order chi connectivity index (χ1) is 16.6. The van der Waals surface area contributed by atoms with Crippen LogP contribution in [0.1, 0.15) is 41.3 Å². The second-order valence-electron chi connectivity index (χ2n) is 8.58. The summed E-state index contributed by atoms with van der Waals surface area (Å²) in [7, 11) is 0. The van der Waals surface area contributed by atoms with E-state index in [1.54, 1.807) is 36.4 Å². The van der Waals surface area contributed by atoms with Crippen LogP contribution in [0, 0.1) is 18.7 Å². The van der Waals surface area contributed by atoms with Gasteiger partial charge in [-0.25, -0.2) is 24.3 Å². The first kappa shape index (κ1) is 24.5. The zero-order valence-corrected chi connectivity index (χ0v) is 19.2. The van der Waals surface area contributed by atoms with E-state index >= 15 is 0 Å². The molecule has 4 rings (SSSR count). The topological polar surface area (TPSA) is 83.9 Å². The van der Waals surface area contributed by atoms with Gasteiger partial charge in [0.15, 0.2) is 5.82 Å². The molecule has 35 heavy (non-hydrogen) atoms. The van der Waals surface area contributed by atoms with Gasteiger partial charge >= 0.3 is 6.18 Å². The lowest BCUT2D eigenvalue weighted by Crippen LogP contribution is -2.51. The molecule has 3 aromatic rings. The predicted molar refractivity (Wildman–Crippen MR) is 121 cm³/mol. The number of carbonyl (C=O) groups is 1. The molecule has 0 bridgehead atoms. The van der Waals surface area contributed by atoms with Crippen LogP contribution in [0.4, 0.5) is 23.5 Å². The second-order valence-corrected chi connectivity index (χ2v) is 8.58. The Morgan fingerprint density at radius 1 is 1.14 bits per heavy atom. The molecule has 3 heterocycles. The lowest BCUT2D eigenvalue weighted by Gasteiger charge is -2.40. The monoisotopic (exact) mass is 488 g/mol. The largest absolute Gasteiger partial charge is 0.419 e. The molecular formula is C24H24F4N6O. The zero-order chi connectivity index (χ0) is 25.2. The summed E-state index contributed by atoms with van der Waals surface area (Å²) < 4.78 is 52.9. The minimum absolute atomic E-state index is 0.0305. The number of halogens is 4. The summed E-state index contributed by atoms with van der Waals surface area (Å²) >= 11 is 0. The van der Waals surface area contributed by atoms with Crippen LogP contribution in [0.5, 0.6) is 0 Å². The van der Waals surface area contributed by atoms with Crippen LogP contribution in [0.15, 0.2) is 43.0 Å². The molecule has 0 saturated carbocycles. The zero-order valence-electron chi connectivity index (χ0n) is 19.2. The summed E-state index contributed by atoms with van der Waals surface area (Å²) in [6.07, 6.45) is 1.63. The van der Waals surface area contributed by atoms with E-state index in [0.717, 1.165) is 12.8 Å². The van der Waals surface area contributed by atoms with E-state index in [0.29, 0.717) is 35.9 Å². The van der Waals surface area contributed by atoms with Crippen molar-refractivity contribution in [2.45, 2.75) is 38.9 Å². The number of nitrogens with one attached hydrogen (secondary N) is 1. The van der Waals surface area contributed by atoms with Crippen molar-refractivity contribution in [2.24, 2.45) is 5.92 Å². The Bertz CT molecular complexity index is 1190. The van der Waals surface area contributed by atoms with Gasteiger partial charge in [0, 0.05) is 43.4 Å². The fraction of sp³-hybridized carbons (Fsp3) is 0.375. The highest BCUT2D eigenvalue weighted by molar-refractivity contribution is 6.00. The molecule has 1 fully saturated rings. The Morgan fingerprint density at radius 2 is 1.83 bits per heavy atom. The summed E-state index contributed by atoms with van der Waals surface area (Å²) in [5.41, 5.74) is 0.0197. The summed E-state index contributed by atoms with van der Waals surface area (Å²) in [4.78, 5) is 31.3. The minimum atomic E-state index is -4.52. The van der Waals surface area contributed by atoms with E-state index in [1.165, 1.54) is 6.07 Å². The van der Waals surface area contributed by atoms with Crippen molar-refractivity contribution < 1.29 is 22.4 Å². The molecule has 2 atom stereocenters. The van der Waals surface area contributed by atoms with Crippen LogP contribution in [-0.4, -0.2) is 49.9 Å². The van der Waals surface area contributed by atoms with Crippen molar-refractivity contribution in [1.82, 2.24) is 24.8 Å². The molecule has 0 aliphatic carbocycles. The van der Waals surface area contributed by atoms with Gasteiger partial charge in [0.2, 0.25) is 5.95 Å². The van der Waals surface area contributed by atoms with Crippen molar-refractivity contribution in [1.29, 1.82) is 0 Å². The van der Waals surface area contributed by atoms with Gasteiger partial charge in [-0.3, -0.25) is 4.79 Å². The van der Waals surface area contributed by atoms with Gasteiger partial charge in [0.05, 0.1) is 17.2 Å². The maximum absolute atomic E-state index is 14.5. The third-order valence-corrected chi connectivity index (χ3v) is 6.16. The van der Waals surface area contributed by atoms with Crippen molar-refractivity contribution >= 4 is 11.9 Å². The van der Waals surface area contributed by atoms with Crippen LogP contribution in [-0.2, 0) is 6.18 Å². The third kappa shape index (κ3) is 5.39. The number of hydrogen-bond donors (Lipinski definition) is 1. The number of carbonyl (C=O) groups excluding carboxylic acids is 1. The molecule has 1 N–H and O–H groups in total. The molecular weight excluding hydrogens is 464 g/mol. The molecule has 1 aliphatic rings. The highest BCUT2D eigenvalue weighted by Crippen LogP contribution is 2.31. The van der Waals surface area contributed by atoms with Crippen LogP contribution in [0.2, 0.25) is 0 Å². The van der Waals surface area contributed by atoms with Gasteiger partial charge in [0.25, 0.3) is 5.91 Å². The number of hydrogen-bond acceptors (Lipinski definition) is 6. The van der Waals surface area contributed by atoms with Crippen molar-refractivity contribution in [3.63, 3.8) is 0 Å². The summed E-state index contributed by atoms with van der Waals surface area (Å²) in [6, 6.07) is 4.12. The number of alkyl halides is 3. The summed E-state index contributed by atoms with van der Waals surface area (Å²) in [5, 5.41) is 2.94. The maximum atomic E-state index is 14.5. The van der Waals surface area contributed by atoms with E-state index < -0.39 is 17.6 Å². The first-order valence-corrected chi connectivity index (χ1v) is 11.2. The molecule has 0 spiro atoms. The van der Waals surface area contributed by atoms with E-state index in [4.69, 9.17) is 0 Å². The highest BCUT2D eigenvalue weighted by Gasteiger charge is 2.34. The number of rotatable bonds is 5. The molecule has 2 aromatic heterocycles. The Morgan fingerprint density at radius 3 is 2.49 bits per heavy atom. The minimum Gasteiger partial charge on any atom is -0.352 e. The van der Waals surface area contributed by atoms with Crippen LogP contribution >= 0.6 is 0 Å². The maximum Gasteiger partial charge on any atom is 0.419 e. The number of nitrogens with zero attached hydrogens (tertiary/aromatic N) is 5. The molecule has 0 radical (unpaired) electrons. The molecule has 1 aromatic carbocycles. The molecule has 1 saturated heterocycles. The summed E-state index contributed by atoms with van der Waals surface area (Å²) in [5.74, 6) is -0.440.